The van der Waals surface area contributed by atoms with Crippen LogP contribution < -0.4 is 5.32 Å². The van der Waals surface area contributed by atoms with E-state index in [9.17, 15) is 4.79 Å². The molecule has 0 saturated heterocycles. The van der Waals surface area contributed by atoms with Crippen LogP contribution >= 0.6 is 0 Å². The predicted molar refractivity (Wildman–Crippen MR) is 75.8 cm³/mol. The average molecular weight is 261 g/mol. The minimum Gasteiger partial charge on any atom is -0.335 e. The third kappa shape index (κ3) is 4.23. The van der Waals surface area contributed by atoms with E-state index in [4.69, 9.17) is 0 Å². The van der Waals surface area contributed by atoms with Crippen LogP contribution in [-0.2, 0) is 6.54 Å². The zero-order valence-corrected chi connectivity index (χ0v) is 11.9. The van der Waals surface area contributed by atoms with Gasteiger partial charge in [0, 0.05) is 18.8 Å². The average Bonchev–Trinajstić information content (AvgIpc) is 2.40. The van der Waals surface area contributed by atoms with Gasteiger partial charge in [-0.1, -0.05) is 25.3 Å². The monoisotopic (exact) mass is 261 g/mol. The van der Waals surface area contributed by atoms with Crippen LogP contribution in [0.25, 0.3) is 0 Å². The SMILES string of the molecule is Cc1cccc(CN(C)C(=O)NC2CCCCC2)n1. The van der Waals surface area contributed by atoms with Crippen molar-refractivity contribution in [3.05, 3.63) is 29.6 Å². The van der Waals surface area contributed by atoms with E-state index in [1.807, 2.05) is 32.2 Å². The molecular weight excluding hydrogens is 238 g/mol. The number of hydrogen-bond donors (Lipinski definition) is 1. The molecule has 4 heteroatoms. The molecule has 0 aliphatic heterocycles. The number of aromatic nitrogens is 1. The van der Waals surface area contributed by atoms with Crippen molar-refractivity contribution in [2.24, 2.45) is 0 Å². The molecule has 1 N–H and O–H groups in total. The summed E-state index contributed by atoms with van der Waals surface area (Å²) in [6.45, 7) is 2.52. The molecule has 1 aromatic rings. The fraction of sp³-hybridized carbons (Fsp3) is 0.600. The van der Waals surface area contributed by atoms with E-state index in [2.05, 4.69) is 10.3 Å². The summed E-state index contributed by atoms with van der Waals surface area (Å²) in [4.78, 5) is 18.2. The first-order valence-electron chi connectivity index (χ1n) is 7.09. The van der Waals surface area contributed by atoms with Crippen molar-refractivity contribution in [2.45, 2.75) is 51.6 Å². The third-order valence-electron chi connectivity index (χ3n) is 3.62. The van der Waals surface area contributed by atoms with Crippen LogP contribution in [0.5, 0.6) is 0 Å². The number of urea groups is 1. The van der Waals surface area contributed by atoms with Crippen molar-refractivity contribution in [3.8, 4) is 0 Å². The molecule has 1 aromatic heterocycles. The molecule has 1 aliphatic rings. The minimum atomic E-state index is 0.00945. The summed E-state index contributed by atoms with van der Waals surface area (Å²) in [6.07, 6.45) is 5.99. The molecule has 1 heterocycles. The van der Waals surface area contributed by atoms with Gasteiger partial charge in [-0.25, -0.2) is 4.79 Å². The standard InChI is InChI=1S/C15H23N3O/c1-12-7-6-10-14(16-12)11-18(2)15(19)17-13-8-4-3-5-9-13/h6-7,10,13H,3-5,8-9,11H2,1-2H3,(H,17,19). The molecule has 0 unspecified atom stereocenters. The number of nitrogens with zero attached hydrogens (tertiary/aromatic N) is 2. The summed E-state index contributed by atoms with van der Waals surface area (Å²) in [5, 5.41) is 3.11. The number of carbonyl (C=O) groups excluding carboxylic acids is 1. The van der Waals surface area contributed by atoms with Crippen molar-refractivity contribution >= 4 is 6.03 Å². The number of pyridine rings is 1. The highest BCUT2D eigenvalue weighted by Gasteiger charge is 2.18. The van der Waals surface area contributed by atoms with Crippen molar-refractivity contribution < 1.29 is 4.79 Å². The van der Waals surface area contributed by atoms with E-state index in [-0.39, 0.29) is 6.03 Å². The smallest absolute Gasteiger partial charge is 0.317 e. The Balaban J connectivity index is 1.84. The molecule has 2 amide bonds. The van der Waals surface area contributed by atoms with Gasteiger partial charge in [-0.3, -0.25) is 4.98 Å². The number of rotatable bonds is 3. The number of carbonyl (C=O) groups is 1. The van der Waals surface area contributed by atoms with Gasteiger partial charge in [-0.05, 0) is 31.9 Å². The van der Waals surface area contributed by atoms with E-state index in [0.717, 1.165) is 24.2 Å². The van der Waals surface area contributed by atoms with Gasteiger partial charge in [-0.2, -0.15) is 0 Å². The van der Waals surface area contributed by atoms with E-state index in [1.54, 1.807) is 4.90 Å². The lowest BCUT2D eigenvalue weighted by molar-refractivity contribution is 0.198. The summed E-state index contributed by atoms with van der Waals surface area (Å²) in [7, 11) is 1.82. The van der Waals surface area contributed by atoms with E-state index >= 15 is 0 Å². The van der Waals surface area contributed by atoms with Crippen molar-refractivity contribution in [3.63, 3.8) is 0 Å². The van der Waals surface area contributed by atoms with Crippen LogP contribution in [0.4, 0.5) is 4.79 Å². The Morgan fingerprint density at radius 1 is 1.37 bits per heavy atom. The summed E-state index contributed by atoms with van der Waals surface area (Å²) in [5.74, 6) is 0. The lowest BCUT2D eigenvalue weighted by Crippen LogP contribution is -2.43. The summed E-state index contributed by atoms with van der Waals surface area (Å²) in [6, 6.07) is 6.26. The molecule has 1 aliphatic carbocycles. The Bertz CT molecular complexity index is 427. The Kier molecular flexibility index (Phi) is 4.77. The summed E-state index contributed by atoms with van der Waals surface area (Å²) < 4.78 is 0. The van der Waals surface area contributed by atoms with Gasteiger partial charge >= 0.3 is 6.03 Å². The summed E-state index contributed by atoms with van der Waals surface area (Å²) in [5.41, 5.74) is 1.92. The maximum atomic E-state index is 12.1. The molecule has 0 spiro atoms. The van der Waals surface area contributed by atoms with E-state index < -0.39 is 0 Å². The quantitative estimate of drug-likeness (QED) is 0.909. The number of amides is 2. The van der Waals surface area contributed by atoms with Crippen LogP contribution in [0.1, 0.15) is 43.5 Å². The Morgan fingerprint density at radius 2 is 2.11 bits per heavy atom. The van der Waals surface area contributed by atoms with Gasteiger partial charge in [-0.15, -0.1) is 0 Å². The summed E-state index contributed by atoms with van der Waals surface area (Å²) >= 11 is 0. The van der Waals surface area contributed by atoms with Gasteiger partial charge in [0.1, 0.15) is 0 Å². The van der Waals surface area contributed by atoms with E-state index in [0.29, 0.717) is 12.6 Å². The highest BCUT2D eigenvalue weighted by atomic mass is 16.2. The normalized spacial score (nSPS) is 16.1. The Labute approximate surface area is 115 Å². The van der Waals surface area contributed by atoms with Crippen molar-refractivity contribution in [1.29, 1.82) is 0 Å². The van der Waals surface area contributed by atoms with Gasteiger partial charge in [0.15, 0.2) is 0 Å². The fourth-order valence-electron chi connectivity index (χ4n) is 2.53. The van der Waals surface area contributed by atoms with Crippen LogP contribution in [-0.4, -0.2) is 29.0 Å². The van der Waals surface area contributed by atoms with Gasteiger partial charge in [0.25, 0.3) is 0 Å². The second-order valence-corrected chi connectivity index (χ2v) is 5.41. The molecule has 1 saturated carbocycles. The van der Waals surface area contributed by atoms with Gasteiger partial charge in [0.2, 0.25) is 0 Å². The first-order valence-corrected chi connectivity index (χ1v) is 7.09. The molecule has 0 atom stereocenters. The first-order chi connectivity index (χ1) is 9.15. The predicted octanol–water partition coefficient (Wildman–Crippen LogP) is 2.86. The number of hydrogen-bond acceptors (Lipinski definition) is 2. The minimum absolute atomic E-state index is 0.00945. The molecule has 1 fully saturated rings. The lowest BCUT2D eigenvalue weighted by Gasteiger charge is -2.26. The second kappa shape index (κ2) is 6.55. The van der Waals surface area contributed by atoms with Crippen LogP contribution in [0, 0.1) is 6.92 Å². The zero-order chi connectivity index (χ0) is 13.7. The molecule has 2 rings (SSSR count). The number of aryl methyl sites for hydroxylation is 1. The first kappa shape index (κ1) is 13.8. The topological polar surface area (TPSA) is 45.2 Å². The maximum Gasteiger partial charge on any atom is 0.317 e. The molecule has 0 radical (unpaired) electrons. The van der Waals surface area contributed by atoms with Gasteiger partial charge < -0.3 is 10.2 Å². The largest absolute Gasteiger partial charge is 0.335 e. The molecule has 104 valence electrons. The van der Waals surface area contributed by atoms with E-state index in [1.165, 1.54) is 19.3 Å². The highest BCUT2D eigenvalue weighted by molar-refractivity contribution is 5.74. The third-order valence-corrected chi connectivity index (χ3v) is 3.62. The molecule has 19 heavy (non-hydrogen) atoms. The van der Waals surface area contributed by atoms with Crippen LogP contribution in [0.3, 0.4) is 0 Å². The van der Waals surface area contributed by atoms with Crippen LogP contribution in [0.15, 0.2) is 18.2 Å². The molecule has 0 aromatic carbocycles. The number of nitrogens with one attached hydrogen (secondary N) is 1. The fourth-order valence-corrected chi connectivity index (χ4v) is 2.53. The second-order valence-electron chi connectivity index (χ2n) is 5.41. The molecule has 0 bridgehead atoms. The zero-order valence-electron chi connectivity index (χ0n) is 11.9. The Morgan fingerprint density at radius 3 is 2.79 bits per heavy atom. The van der Waals surface area contributed by atoms with Crippen molar-refractivity contribution in [2.75, 3.05) is 7.05 Å². The van der Waals surface area contributed by atoms with Gasteiger partial charge in [0.05, 0.1) is 12.2 Å². The Hall–Kier alpha value is -1.58. The van der Waals surface area contributed by atoms with Crippen molar-refractivity contribution in [1.82, 2.24) is 15.2 Å². The van der Waals surface area contributed by atoms with Crippen LogP contribution in [0.2, 0.25) is 0 Å². The highest BCUT2D eigenvalue weighted by Crippen LogP contribution is 2.17. The maximum absolute atomic E-state index is 12.1. The lowest BCUT2D eigenvalue weighted by atomic mass is 9.96. The molecule has 4 nitrogen and oxygen atoms in total. The molecular formula is C15H23N3O.